The SMILES string of the molecule is CC(C)CCNC(=O)c1cnc(NC(C)c2ccccc2)cn1. The standard InChI is InChI=1S/C18H24N4O/c1-13(2)9-10-19-18(23)16-11-21-17(12-20-16)22-14(3)15-7-5-4-6-8-15/h4-8,11-14H,9-10H2,1-3H3,(H,19,23)(H,21,22). The van der Waals surface area contributed by atoms with Crippen molar-refractivity contribution in [2.45, 2.75) is 33.2 Å². The molecular weight excluding hydrogens is 288 g/mol. The van der Waals surface area contributed by atoms with E-state index in [0.717, 1.165) is 6.42 Å². The summed E-state index contributed by atoms with van der Waals surface area (Å²) in [6.45, 7) is 6.97. The predicted molar refractivity (Wildman–Crippen MR) is 92.3 cm³/mol. The maximum atomic E-state index is 11.9. The van der Waals surface area contributed by atoms with Crippen LogP contribution in [0.15, 0.2) is 42.7 Å². The van der Waals surface area contributed by atoms with Crippen molar-refractivity contribution in [1.29, 1.82) is 0 Å². The molecule has 2 aromatic rings. The van der Waals surface area contributed by atoms with Crippen LogP contribution in [0.4, 0.5) is 5.82 Å². The zero-order chi connectivity index (χ0) is 16.7. The third kappa shape index (κ3) is 5.36. The average molecular weight is 312 g/mol. The van der Waals surface area contributed by atoms with Gasteiger partial charge in [-0.05, 0) is 24.8 Å². The van der Waals surface area contributed by atoms with E-state index in [4.69, 9.17) is 0 Å². The molecule has 0 saturated heterocycles. The van der Waals surface area contributed by atoms with Crippen molar-refractivity contribution in [2.24, 2.45) is 5.92 Å². The van der Waals surface area contributed by atoms with E-state index >= 15 is 0 Å². The minimum absolute atomic E-state index is 0.121. The molecule has 1 heterocycles. The molecule has 2 N–H and O–H groups in total. The Morgan fingerprint density at radius 2 is 1.83 bits per heavy atom. The smallest absolute Gasteiger partial charge is 0.271 e. The van der Waals surface area contributed by atoms with Crippen LogP contribution < -0.4 is 10.6 Å². The second-order valence-corrected chi connectivity index (χ2v) is 6.00. The number of hydrogen-bond acceptors (Lipinski definition) is 4. The molecule has 0 aliphatic heterocycles. The zero-order valence-electron chi connectivity index (χ0n) is 13.9. The van der Waals surface area contributed by atoms with Crippen LogP contribution in [0.5, 0.6) is 0 Å². The maximum absolute atomic E-state index is 11.9. The van der Waals surface area contributed by atoms with Crippen molar-refractivity contribution in [1.82, 2.24) is 15.3 Å². The van der Waals surface area contributed by atoms with Crippen LogP contribution in [-0.2, 0) is 0 Å². The number of benzene rings is 1. The second kappa shape index (κ2) is 8.27. The normalized spacial score (nSPS) is 12.0. The topological polar surface area (TPSA) is 66.9 Å². The van der Waals surface area contributed by atoms with Gasteiger partial charge >= 0.3 is 0 Å². The minimum atomic E-state index is -0.180. The van der Waals surface area contributed by atoms with Gasteiger partial charge in [0, 0.05) is 12.6 Å². The van der Waals surface area contributed by atoms with Crippen molar-refractivity contribution in [3.05, 3.63) is 54.0 Å². The Balaban J connectivity index is 1.90. The molecule has 2 rings (SSSR count). The van der Waals surface area contributed by atoms with Crippen LogP contribution in [0.3, 0.4) is 0 Å². The summed E-state index contributed by atoms with van der Waals surface area (Å²) in [6.07, 6.45) is 4.05. The first-order valence-electron chi connectivity index (χ1n) is 7.98. The van der Waals surface area contributed by atoms with E-state index in [-0.39, 0.29) is 11.9 Å². The number of carbonyl (C=O) groups excluding carboxylic acids is 1. The maximum Gasteiger partial charge on any atom is 0.271 e. The second-order valence-electron chi connectivity index (χ2n) is 6.00. The summed E-state index contributed by atoms with van der Waals surface area (Å²) >= 11 is 0. The van der Waals surface area contributed by atoms with Crippen molar-refractivity contribution < 1.29 is 4.79 Å². The third-order valence-corrected chi connectivity index (χ3v) is 3.56. The Bertz CT molecular complexity index is 611. The van der Waals surface area contributed by atoms with Gasteiger partial charge in [0.2, 0.25) is 0 Å². The average Bonchev–Trinajstić information content (AvgIpc) is 2.56. The largest absolute Gasteiger partial charge is 0.362 e. The van der Waals surface area contributed by atoms with E-state index in [1.54, 1.807) is 6.20 Å². The van der Waals surface area contributed by atoms with Gasteiger partial charge in [-0.1, -0.05) is 44.2 Å². The molecule has 0 saturated carbocycles. The fourth-order valence-electron chi connectivity index (χ4n) is 2.13. The quantitative estimate of drug-likeness (QED) is 0.822. The number of rotatable bonds is 7. The third-order valence-electron chi connectivity index (χ3n) is 3.56. The zero-order valence-corrected chi connectivity index (χ0v) is 13.9. The van der Waals surface area contributed by atoms with E-state index in [0.29, 0.717) is 24.0 Å². The van der Waals surface area contributed by atoms with E-state index in [1.165, 1.54) is 11.8 Å². The van der Waals surface area contributed by atoms with Gasteiger partial charge in [-0.2, -0.15) is 0 Å². The van der Waals surface area contributed by atoms with Gasteiger partial charge < -0.3 is 10.6 Å². The number of carbonyl (C=O) groups is 1. The Morgan fingerprint density at radius 1 is 1.09 bits per heavy atom. The number of aromatic nitrogens is 2. The predicted octanol–water partition coefficient (Wildman–Crippen LogP) is 3.43. The van der Waals surface area contributed by atoms with Crippen molar-refractivity contribution >= 4 is 11.7 Å². The molecule has 0 aliphatic carbocycles. The first-order valence-corrected chi connectivity index (χ1v) is 7.98. The van der Waals surface area contributed by atoms with Gasteiger partial charge in [0.1, 0.15) is 11.5 Å². The minimum Gasteiger partial charge on any atom is -0.362 e. The lowest BCUT2D eigenvalue weighted by molar-refractivity contribution is 0.0946. The lowest BCUT2D eigenvalue weighted by Crippen LogP contribution is -2.26. The Kier molecular flexibility index (Phi) is 6.09. The highest BCUT2D eigenvalue weighted by Crippen LogP contribution is 2.16. The van der Waals surface area contributed by atoms with E-state index < -0.39 is 0 Å². The van der Waals surface area contributed by atoms with Gasteiger partial charge in [0.25, 0.3) is 5.91 Å². The highest BCUT2D eigenvalue weighted by Gasteiger charge is 2.09. The summed E-state index contributed by atoms with van der Waals surface area (Å²) in [5.41, 5.74) is 1.51. The molecule has 1 unspecified atom stereocenters. The van der Waals surface area contributed by atoms with Crippen LogP contribution >= 0.6 is 0 Å². The van der Waals surface area contributed by atoms with Gasteiger partial charge in [-0.25, -0.2) is 9.97 Å². The molecule has 1 atom stereocenters. The summed E-state index contributed by atoms with van der Waals surface area (Å²) in [6, 6.07) is 10.2. The number of amides is 1. The molecular formula is C18H24N4O. The first kappa shape index (κ1) is 16.9. The molecule has 0 radical (unpaired) electrons. The van der Waals surface area contributed by atoms with Crippen LogP contribution in [-0.4, -0.2) is 22.4 Å². The molecule has 23 heavy (non-hydrogen) atoms. The van der Waals surface area contributed by atoms with Crippen LogP contribution in [0.1, 0.15) is 49.3 Å². The van der Waals surface area contributed by atoms with Crippen LogP contribution in [0, 0.1) is 5.92 Å². The van der Waals surface area contributed by atoms with Gasteiger partial charge in [-0.3, -0.25) is 4.79 Å². The van der Waals surface area contributed by atoms with Gasteiger partial charge in [0.15, 0.2) is 0 Å². The fraction of sp³-hybridized carbons (Fsp3) is 0.389. The molecule has 0 fully saturated rings. The Labute approximate surface area is 137 Å². The Morgan fingerprint density at radius 3 is 2.43 bits per heavy atom. The Hall–Kier alpha value is -2.43. The lowest BCUT2D eigenvalue weighted by atomic mass is 10.1. The fourth-order valence-corrected chi connectivity index (χ4v) is 2.13. The monoisotopic (exact) mass is 312 g/mol. The molecule has 0 aliphatic rings. The molecule has 1 amide bonds. The number of nitrogens with zero attached hydrogens (tertiary/aromatic N) is 2. The molecule has 1 aromatic carbocycles. The highest BCUT2D eigenvalue weighted by atomic mass is 16.1. The van der Waals surface area contributed by atoms with Gasteiger partial charge in [-0.15, -0.1) is 0 Å². The summed E-state index contributed by atoms with van der Waals surface area (Å²) in [5, 5.41) is 6.13. The number of anilines is 1. The molecule has 122 valence electrons. The number of nitrogens with one attached hydrogen (secondary N) is 2. The summed E-state index contributed by atoms with van der Waals surface area (Å²) in [5.74, 6) is 1.04. The van der Waals surface area contributed by atoms with Crippen molar-refractivity contribution in [3.63, 3.8) is 0 Å². The van der Waals surface area contributed by atoms with E-state index in [9.17, 15) is 4.79 Å². The molecule has 1 aromatic heterocycles. The summed E-state index contributed by atoms with van der Waals surface area (Å²) < 4.78 is 0. The molecule has 5 heteroatoms. The van der Waals surface area contributed by atoms with Gasteiger partial charge in [0.05, 0.1) is 12.4 Å². The van der Waals surface area contributed by atoms with E-state index in [1.807, 2.05) is 18.2 Å². The molecule has 5 nitrogen and oxygen atoms in total. The number of hydrogen-bond donors (Lipinski definition) is 2. The first-order chi connectivity index (χ1) is 11.1. The van der Waals surface area contributed by atoms with Crippen molar-refractivity contribution in [2.75, 3.05) is 11.9 Å². The lowest BCUT2D eigenvalue weighted by Gasteiger charge is -2.14. The van der Waals surface area contributed by atoms with Crippen LogP contribution in [0.2, 0.25) is 0 Å². The highest BCUT2D eigenvalue weighted by molar-refractivity contribution is 5.91. The molecule has 0 bridgehead atoms. The summed E-state index contributed by atoms with van der Waals surface area (Å²) in [7, 11) is 0. The van der Waals surface area contributed by atoms with Crippen molar-refractivity contribution in [3.8, 4) is 0 Å². The van der Waals surface area contributed by atoms with E-state index in [2.05, 4.69) is 53.5 Å². The summed E-state index contributed by atoms with van der Waals surface area (Å²) in [4.78, 5) is 20.4. The molecule has 0 spiro atoms. The van der Waals surface area contributed by atoms with Crippen LogP contribution in [0.25, 0.3) is 0 Å².